The number of hydrogen-bond acceptors (Lipinski definition) is 5. The van der Waals surface area contributed by atoms with Crippen molar-refractivity contribution in [2.24, 2.45) is 0 Å². The van der Waals surface area contributed by atoms with Crippen LogP contribution in [0.3, 0.4) is 0 Å². The maximum atomic E-state index is 4.56. The molecule has 2 aliphatic rings. The lowest BCUT2D eigenvalue weighted by Gasteiger charge is -2.35. The van der Waals surface area contributed by atoms with Gasteiger partial charge >= 0.3 is 0 Å². The second-order valence-electron chi connectivity index (χ2n) is 6.77. The fourth-order valence-corrected chi connectivity index (χ4v) is 3.97. The summed E-state index contributed by atoms with van der Waals surface area (Å²) < 4.78 is 2.36. The van der Waals surface area contributed by atoms with E-state index in [1.165, 1.54) is 31.5 Å². The van der Waals surface area contributed by atoms with Crippen molar-refractivity contribution in [3.05, 3.63) is 30.6 Å². The minimum absolute atomic E-state index is 0.487. The third-order valence-corrected chi connectivity index (χ3v) is 5.25. The van der Waals surface area contributed by atoms with Gasteiger partial charge in [0, 0.05) is 51.1 Å². The molecule has 0 aromatic carbocycles. The Morgan fingerprint density at radius 2 is 1.75 bits per heavy atom. The molecule has 0 aliphatic carbocycles. The van der Waals surface area contributed by atoms with Crippen molar-refractivity contribution in [3.8, 4) is 0 Å². The second kappa shape index (κ2) is 6.79. The summed E-state index contributed by atoms with van der Waals surface area (Å²) in [6.07, 6.45) is 11.7. The Morgan fingerprint density at radius 3 is 2.54 bits per heavy atom. The van der Waals surface area contributed by atoms with Crippen LogP contribution in [-0.2, 0) is 6.42 Å². The lowest BCUT2D eigenvalue weighted by molar-refractivity contribution is 0.394. The Kier molecular flexibility index (Phi) is 4.36. The van der Waals surface area contributed by atoms with Crippen LogP contribution < -0.4 is 9.80 Å². The summed E-state index contributed by atoms with van der Waals surface area (Å²) in [4.78, 5) is 18.3. The smallest absolute Gasteiger partial charge is 0.134 e. The maximum absolute atomic E-state index is 4.56. The van der Waals surface area contributed by atoms with Crippen molar-refractivity contribution in [2.45, 2.75) is 45.1 Å². The number of rotatable bonds is 4. The van der Waals surface area contributed by atoms with Crippen molar-refractivity contribution in [2.75, 3.05) is 36.0 Å². The molecule has 2 aromatic heterocycles. The van der Waals surface area contributed by atoms with E-state index < -0.39 is 0 Å². The Morgan fingerprint density at radius 1 is 1.00 bits per heavy atom. The van der Waals surface area contributed by atoms with Gasteiger partial charge in [-0.25, -0.2) is 15.0 Å². The highest BCUT2D eigenvalue weighted by Gasteiger charge is 2.24. The van der Waals surface area contributed by atoms with E-state index in [-0.39, 0.29) is 0 Å². The minimum Gasteiger partial charge on any atom is -0.356 e. The molecule has 0 bridgehead atoms. The molecule has 0 amide bonds. The van der Waals surface area contributed by atoms with Crippen molar-refractivity contribution >= 4 is 11.6 Å². The van der Waals surface area contributed by atoms with Crippen molar-refractivity contribution < 1.29 is 0 Å². The van der Waals surface area contributed by atoms with Crippen LogP contribution >= 0.6 is 0 Å². The lowest BCUT2D eigenvalue weighted by atomic mass is 10.1. The predicted octanol–water partition coefficient (Wildman–Crippen LogP) is 2.68. The minimum atomic E-state index is 0.487. The summed E-state index contributed by atoms with van der Waals surface area (Å²) in [6.45, 7) is 6.48. The summed E-state index contributed by atoms with van der Waals surface area (Å²) in [7, 11) is 0. The number of nitrogens with zero attached hydrogens (tertiary/aromatic N) is 6. The Balaban J connectivity index is 1.52. The second-order valence-corrected chi connectivity index (χ2v) is 6.77. The zero-order chi connectivity index (χ0) is 16.4. The van der Waals surface area contributed by atoms with E-state index in [1.807, 2.05) is 6.20 Å². The maximum Gasteiger partial charge on any atom is 0.134 e. The molecule has 2 aromatic rings. The van der Waals surface area contributed by atoms with Gasteiger partial charge in [-0.1, -0.05) is 6.92 Å². The third-order valence-electron chi connectivity index (χ3n) is 5.25. The quantitative estimate of drug-likeness (QED) is 0.864. The standard InChI is InChI=1S/C18H26N6/c1-2-16-19-7-11-24(16)15-6-5-10-23(13-15)18-12-17(20-14-21-18)22-8-3-4-9-22/h7,11-12,14-15H,2-6,8-10,13H2,1H3/t15-/m0/s1. The van der Waals surface area contributed by atoms with Gasteiger partial charge in [-0.2, -0.15) is 0 Å². The van der Waals surface area contributed by atoms with Gasteiger partial charge in [0.05, 0.1) is 6.04 Å². The van der Waals surface area contributed by atoms with Crippen molar-refractivity contribution in [1.29, 1.82) is 0 Å². The van der Waals surface area contributed by atoms with E-state index in [0.29, 0.717) is 6.04 Å². The number of imidazole rings is 1. The number of hydrogen-bond donors (Lipinski definition) is 0. The van der Waals surface area contributed by atoms with Crippen LogP contribution in [-0.4, -0.2) is 45.7 Å². The molecule has 2 saturated heterocycles. The molecular weight excluding hydrogens is 300 g/mol. The monoisotopic (exact) mass is 326 g/mol. The summed E-state index contributed by atoms with van der Waals surface area (Å²) in [5, 5.41) is 0. The Bertz CT molecular complexity index is 676. The van der Waals surface area contributed by atoms with E-state index in [2.05, 4.69) is 48.5 Å². The molecule has 2 aliphatic heterocycles. The average Bonchev–Trinajstić information content (AvgIpc) is 3.33. The fraction of sp³-hybridized carbons (Fsp3) is 0.611. The first-order chi connectivity index (χ1) is 11.8. The van der Waals surface area contributed by atoms with Crippen LogP contribution in [0.5, 0.6) is 0 Å². The van der Waals surface area contributed by atoms with E-state index in [1.54, 1.807) is 6.33 Å². The molecule has 6 nitrogen and oxygen atoms in total. The highest BCUT2D eigenvalue weighted by molar-refractivity contribution is 5.50. The summed E-state index contributed by atoms with van der Waals surface area (Å²) in [5.41, 5.74) is 0. The van der Waals surface area contributed by atoms with Crippen LogP contribution in [0, 0.1) is 0 Å². The molecule has 0 radical (unpaired) electrons. The summed E-state index contributed by atoms with van der Waals surface area (Å²) in [5.74, 6) is 3.33. The molecule has 1 atom stereocenters. The van der Waals surface area contributed by atoms with Crippen LogP contribution in [0.2, 0.25) is 0 Å². The molecule has 128 valence electrons. The first kappa shape index (κ1) is 15.4. The van der Waals surface area contributed by atoms with Gasteiger partial charge in [-0.15, -0.1) is 0 Å². The van der Waals surface area contributed by atoms with Crippen LogP contribution in [0.15, 0.2) is 24.8 Å². The van der Waals surface area contributed by atoms with Crippen molar-refractivity contribution in [1.82, 2.24) is 19.5 Å². The average molecular weight is 326 g/mol. The molecule has 0 spiro atoms. The summed E-state index contributed by atoms with van der Waals surface area (Å²) in [6, 6.07) is 2.66. The Hall–Kier alpha value is -2.11. The molecule has 6 heteroatoms. The first-order valence-electron chi connectivity index (χ1n) is 9.19. The number of piperidine rings is 1. The van der Waals surface area contributed by atoms with Gasteiger partial charge in [0.15, 0.2) is 0 Å². The largest absolute Gasteiger partial charge is 0.356 e. The fourth-order valence-electron chi connectivity index (χ4n) is 3.97. The van der Waals surface area contributed by atoms with Gasteiger partial charge in [-0.05, 0) is 25.7 Å². The van der Waals surface area contributed by atoms with Crippen LogP contribution in [0.25, 0.3) is 0 Å². The summed E-state index contributed by atoms with van der Waals surface area (Å²) >= 11 is 0. The van der Waals surface area contributed by atoms with E-state index in [4.69, 9.17) is 0 Å². The van der Waals surface area contributed by atoms with Gasteiger partial charge in [0.1, 0.15) is 23.8 Å². The molecular formula is C18H26N6. The highest BCUT2D eigenvalue weighted by Crippen LogP contribution is 2.28. The lowest BCUT2D eigenvalue weighted by Crippen LogP contribution is -2.37. The van der Waals surface area contributed by atoms with Crippen LogP contribution in [0.4, 0.5) is 11.6 Å². The highest BCUT2D eigenvalue weighted by atomic mass is 15.3. The van der Waals surface area contributed by atoms with Gasteiger partial charge in [0.2, 0.25) is 0 Å². The van der Waals surface area contributed by atoms with Gasteiger partial charge in [0.25, 0.3) is 0 Å². The normalized spacial score (nSPS) is 21.5. The molecule has 0 N–H and O–H groups in total. The van der Waals surface area contributed by atoms with E-state index in [0.717, 1.165) is 44.2 Å². The molecule has 4 rings (SSSR count). The van der Waals surface area contributed by atoms with E-state index in [9.17, 15) is 0 Å². The van der Waals surface area contributed by atoms with Crippen molar-refractivity contribution in [3.63, 3.8) is 0 Å². The Labute approximate surface area is 143 Å². The predicted molar refractivity (Wildman–Crippen MR) is 95.6 cm³/mol. The number of anilines is 2. The molecule has 2 fully saturated rings. The van der Waals surface area contributed by atoms with Gasteiger partial charge in [-0.3, -0.25) is 0 Å². The molecule has 0 unspecified atom stereocenters. The first-order valence-corrected chi connectivity index (χ1v) is 9.19. The van der Waals surface area contributed by atoms with Crippen LogP contribution in [0.1, 0.15) is 44.5 Å². The molecule has 24 heavy (non-hydrogen) atoms. The number of aromatic nitrogens is 4. The SMILES string of the molecule is CCc1nccn1[C@H]1CCCN(c2cc(N3CCCC3)ncn2)C1. The topological polar surface area (TPSA) is 50.1 Å². The number of aryl methyl sites for hydroxylation is 1. The van der Waals surface area contributed by atoms with E-state index >= 15 is 0 Å². The molecule has 4 heterocycles. The zero-order valence-corrected chi connectivity index (χ0v) is 14.4. The molecule has 0 saturated carbocycles. The third kappa shape index (κ3) is 2.97. The van der Waals surface area contributed by atoms with Gasteiger partial charge < -0.3 is 14.4 Å². The zero-order valence-electron chi connectivity index (χ0n) is 14.4.